The van der Waals surface area contributed by atoms with Gasteiger partial charge in [0, 0.05) is 19.5 Å². The summed E-state index contributed by atoms with van der Waals surface area (Å²) in [5.74, 6) is -1.14. The van der Waals surface area contributed by atoms with Crippen LogP contribution in [0, 0.1) is 12.8 Å². The van der Waals surface area contributed by atoms with Crippen molar-refractivity contribution in [3.8, 4) is 0 Å². The molecule has 1 unspecified atom stereocenters. The van der Waals surface area contributed by atoms with Crippen LogP contribution in [0.5, 0.6) is 0 Å². The lowest BCUT2D eigenvalue weighted by atomic mass is 10.0. The molecule has 1 atom stereocenters. The minimum Gasteiger partial charge on any atom is -0.354 e. The fourth-order valence-electron chi connectivity index (χ4n) is 5.12. The third-order valence-electron chi connectivity index (χ3n) is 7.54. The topological polar surface area (TPSA) is 86.8 Å². The van der Waals surface area contributed by atoms with Gasteiger partial charge >= 0.3 is 6.18 Å². The summed E-state index contributed by atoms with van der Waals surface area (Å²) < 4.78 is 70.6. The van der Waals surface area contributed by atoms with Gasteiger partial charge < -0.3 is 10.2 Å². The minimum absolute atomic E-state index is 0.0687. The van der Waals surface area contributed by atoms with Crippen molar-refractivity contribution >= 4 is 39.1 Å². The monoisotopic (exact) mass is 699 g/mol. The molecule has 0 saturated heterocycles. The van der Waals surface area contributed by atoms with E-state index in [4.69, 9.17) is 11.6 Å². The van der Waals surface area contributed by atoms with E-state index in [2.05, 4.69) is 5.32 Å². The zero-order valence-corrected chi connectivity index (χ0v) is 28.3. The molecule has 0 heterocycles. The van der Waals surface area contributed by atoms with Crippen LogP contribution in [0.15, 0.2) is 108 Å². The Morgan fingerprint density at radius 2 is 1.48 bits per heavy atom. The average Bonchev–Trinajstić information content (AvgIpc) is 3.04. The number of benzene rings is 4. The quantitative estimate of drug-likeness (QED) is 0.159. The molecule has 48 heavy (non-hydrogen) atoms. The van der Waals surface area contributed by atoms with Gasteiger partial charge in [0.15, 0.2) is 0 Å². The van der Waals surface area contributed by atoms with E-state index in [0.717, 1.165) is 23.3 Å². The SMILES string of the molecule is Cc1cccc(CN(C(=O)CN(c2ccc(Cl)c(C(F)(F)F)c2)S(=O)(=O)c2ccccc2)C(Cc2ccccc2)C(=O)NCC(C)C)c1. The standard InChI is InChI=1S/C36H37ClF3N3O4S/c1-25(2)22-41-35(45)33(20-27-12-6-4-7-13-27)42(23-28-14-10-11-26(3)19-28)34(44)24-43(48(46,47)30-15-8-5-9-16-30)29-17-18-32(37)31(21-29)36(38,39)40/h4-19,21,25,33H,20,22-24H2,1-3H3,(H,41,45). The maximum Gasteiger partial charge on any atom is 0.417 e. The van der Waals surface area contributed by atoms with Gasteiger partial charge in [-0.1, -0.05) is 104 Å². The third-order valence-corrected chi connectivity index (χ3v) is 9.66. The summed E-state index contributed by atoms with van der Waals surface area (Å²) >= 11 is 5.87. The molecule has 4 aromatic rings. The molecule has 0 radical (unpaired) electrons. The molecule has 0 saturated carbocycles. The molecular weight excluding hydrogens is 663 g/mol. The Morgan fingerprint density at radius 3 is 2.08 bits per heavy atom. The molecule has 1 N–H and O–H groups in total. The first-order valence-corrected chi connectivity index (χ1v) is 17.1. The van der Waals surface area contributed by atoms with Crippen LogP contribution >= 0.6 is 11.6 Å². The summed E-state index contributed by atoms with van der Waals surface area (Å²) in [7, 11) is -4.59. The Labute approximate surface area is 284 Å². The van der Waals surface area contributed by atoms with Gasteiger partial charge in [-0.15, -0.1) is 0 Å². The molecule has 0 bridgehead atoms. The van der Waals surface area contributed by atoms with E-state index in [1.54, 1.807) is 30.3 Å². The number of hydrogen-bond acceptors (Lipinski definition) is 4. The minimum atomic E-state index is -4.90. The van der Waals surface area contributed by atoms with Gasteiger partial charge in [0.2, 0.25) is 11.8 Å². The van der Waals surface area contributed by atoms with Crippen molar-refractivity contribution in [1.29, 1.82) is 0 Å². The number of sulfonamides is 1. The zero-order valence-electron chi connectivity index (χ0n) is 26.7. The second-order valence-corrected chi connectivity index (χ2v) is 14.1. The number of aryl methyl sites for hydroxylation is 1. The number of nitrogens with zero attached hydrogens (tertiary/aromatic N) is 2. The Bertz CT molecular complexity index is 1820. The highest BCUT2D eigenvalue weighted by molar-refractivity contribution is 7.92. The van der Waals surface area contributed by atoms with Crippen molar-refractivity contribution in [1.82, 2.24) is 10.2 Å². The molecule has 4 aromatic carbocycles. The predicted molar refractivity (Wildman–Crippen MR) is 181 cm³/mol. The number of rotatable bonds is 13. The van der Waals surface area contributed by atoms with Crippen LogP contribution in [0.4, 0.5) is 18.9 Å². The molecular formula is C36H37ClF3N3O4S. The van der Waals surface area contributed by atoms with E-state index in [1.165, 1.54) is 29.2 Å². The van der Waals surface area contributed by atoms with Crippen LogP contribution in [-0.4, -0.2) is 44.3 Å². The van der Waals surface area contributed by atoms with E-state index in [-0.39, 0.29) is 23.8 Å². The van der Waals surface area contributed by atoms with Gasteiger partial charge in [0.1, 0.15) is 12.6 Å². The van der Waals surface area contributed by atoms with Gasteiger partial charge in [0.25, 0.3) is 10.0 Å². The number of nitrogens with one attached hydrogen (secondary N) is 1. The van der Waals surface area contributed by atoms with Gasteiger partial charge in [0.05, 0.1) is 21.2 Å². The molecule has 0 aliphatic heterocycles. The molecule has 0 aliphatic carbocycles. The normalized spacial score (nSPS) is 12.4. The summed E-state index contributed by atoms with van der Waals surface area (Å²) in [4.78, 5) is 29.4. The highest BCUT2D eigenvalue weighted by Gasteiger charge is 2.37. The number of hydrogen-bond donors (Lipinski definition) is 1. The number of carbonyl (C=O) groups excluding carboxylic acids is 2. The second kappa shape index (κ2) is 15.7. The average molecular weight is 700 g/mol. The first-order chi connectivity index (χ1) is 22.7. The van der Waals surface area contributed by atoms with Gasteiger partial charge in [-0.3, -0.25) is 13.9 Å². The van der Waals surface area contributed by atoms with E-state index in [0.29, 0.717) is 22.5 Å². The fraction of sp³-hybridized carbons (Fsp3) is 0.278. The number of anilines is 1. The Kier molecular flexibility index (Phi) is 11.9. The molecule has 0 fully saturated rings. The van der Waals surface area contributed by atoms with Crippen molar-refractivity contribution in [2.45, 2.75) is 50.9 Å². The van der Waals surface area contributed by atoms with Gasteiger partial charge in [-0.2, -0.15) is 13.2 Å². The lowest BCUT2D eigenvalue weighted by Gasteiger charge is -2.34. The maximum atomic E-state index is 14.5. The first-order valence-electron chi connectivity index (χ1n) is 15.3. The third kappa shape index (κ3) is 9.38. The molecule has 0 aliphatic rings. The number of halogens is 4. The molecule has 12 heteroatoms. The smallest absolute Gasteiger partial charge is 0.354 e. The van der Waals surface area contributed by atoms with Gasteiger partial charge in [-0.05, 0) is 54.3 Å². The van der Waals surface area contributed by atoms with Crippen molar-refractivity contribution in [3.05, 3.63) is 130 Å². The van der Waals surface area contributed by atoms with Crippen molar-refractivity contribution < 1.29 is 31.2 Å². The van der Waals surface area contributed by atoms with Crippen molar-refractivity contribution in [2.75, 3.05) is 17.4 Å². The molecule has 2 amide bonds. The lowest BCUT2D eigenvalue weighted by molar-refractivity contribution is -0.140. The first kappa shape index (κ1) is 36.5. The number of carbonyl (C=O) groups is 2. The van der Waals surface area contributed by atoms with Gasteiger partial charge in [-0.25, -0.2) is 8.42 Å². The van der Waals surface area contributed by atoms with Crippen LogP contribution in [0.1, 0.15) is 36.1 Å². The van der Waals surface area contributed by atoms with E-state index in [9.17, 15) is 31.2 Å². The highest BCUT2D eigenvalue weighted by Crippen LogP contribution is 2.38. The predicted octanol–water partition coefficient (Wildman–Crippen LogP) is 7.27. The largest absolute Gasteiger partial charge is 0.417 e. The van der Waals surface area contributed by atoms with E-state index < -0.39 is 56.9 Å². The van der Waals surface area contributed by atoms with Crippen LogP contribution < -0.4 is 9.62 Å². The Morgan fingerprint density at radius 1 is 0.854 bits per heavy atom. The molecule has 254 valence electrons. The fourth-order valence-corrected chi connectivity index (χ4v) is 6.77. The van der Waals surface area contributed by atoms with Crippen LogP contribution in [0.2, 0.25) is 5.02 Å². The summed E-state index contributed by atoms with van der Waals surface area (Å²) in [6, 6.07) is 25.0. The second-order valence-electron chi connectivity index (χ2n) is 11.8. The maximum absolute atomic E-state index is 14.5. The van der Waals surface area contributed by atoms with Crippen molar-refractivity contribution in [3.63, 3.8) is 0 Å². The lowest BCUT2D eigenvalue weighted by Crippen LogP contribution is -2.53. The highest BCUT2D eigenvalue weighted by atomic mass is 35.5. The van der Waals surface area contributed by atoms with Crippen LogP contribution in [0.25, 0.3) is 0 Å². The summed E-state index contributed by atoms with van der Waals surface area (Å²) in [5, 5.41) is 2.28. The number of amides is 2. The molecule has 0 spiro atoms. The Hall–Kier alpha value is -4.35. The summed E-state index contributed by atoms with van der Waals surface area (Å²) in [6.07, 6.45) is -4.79. The molecule has 0 aromatic heterocycles. The number of alkyl halides is 3. The Balaban J connectivity index is 1.85. The molecule has 4 rings (SSSR count). The summed E-state index contributed by atoms with van der Waals surface area (Å²) in [5.41, 5.74) is 0.669. The van der Waals surface area contributed by atoms with Crippen LogP contribution in [0.3, 0.4) is 0 Å². The van der Waals surface area contributed by atoms with Crippen molar-refractivity contribution in [2.24, 2.45) is 5.92 Å². The van der Waals surface area contributed by atoms with Crippen LogP contribution in [-0.2, 0) is 38.8 Å². The summed E-state index contributed by atoms with van der Waals surface area (Å²) in [6.45, 7) is 5.09. The zero-order chi connectivity index (χ0) is 35.1. The molecule has 7 nitrogen and oxygen atoms in total. The van der Waals surface area contributed by atoms with E-state index in [1.807, 2.05) is 51.1 Å². The van der Waals surface area contributed by atoms with E-state index >= 15 is 0 Å².